The van der Waals surface area contributed by atoms with Crippen molar-refractivity contribution in [1.82, 2.24) is 0 Å². The summed E-state index contributed by atoms with van der Waals surface area (Å²) in [5.41, 5.74) is 0. The first-order chi connectivity index (χ1) is 39.0. The quantitative estimate of drug-likeness (QED) is 0.0261. The highest BCUT2D eigenvalue weighted by atomic mass is 16.6. The maximum absolute atomic E-state index is 12.9. The lowest BCUT2D eigenvalue weighted by Gasteiger charge is -2.18. The first kappa shape index (κ1) is 74.5. The van der Waals surface area contributed by atoms with Gasteiger partial charge in [0.15, 0.2) is 6.10 Å². The largest absolute Gasteiger partial charge is 0.462 e. The second-order valence-electron chi connectivity index (χ2n) is 21.3. The van der Waals surface area contributed by atoms with Crippen molar-refractivity contribution in [2.75, 3.05) is 13.2 Å². The molecule has 0 saturated carbocycles. The number of esters is 3. The van der Waals surface area contributed by atoms with Crippen LogP contribution in [0.25, 0.3) is 0 Å². The van der Waals surface area contributed by atoms with Crippen molar-refractivity contribution in [1.29, 1.82) is 0 Å². The molecule has 1 atom stereocenters. The second kappa shape index (κ2) is 66.1. The Labute approximate surface area is 487 Å². The predicted molar refractivity (Wildman–Crippen MR) is 343 cm³/mol. The van der Waals surface area contributed by atoms with Crippen molar-refractivity contribution in [3.8, 4) is 0 Å². The van der Waals surface area contributed by atoms with Crippen LogP contribution in [-0.4, -0.2) is 37.2 Å². The average molecular weight is 1090 g/mol. The average Bonchev–Trinajstić information content (AvgIpc) is 3.45. The molecule has 0 saturated heterocycles. The van der Waals surface area contributed by atoms with Gasteiger partial charge in [0.2, 0.25) is 0 Å². The third kappa shape index (κ3) is 64.3. The van der Waals surface area contributed by atoms with Crippen LogP contribution in [0.2, 0.25) is 0 Å². The molecule has 0 aromatic heterocycles. The van der Waals surface area contributed by atoms with Crippen molar-refractivity contribution in [2.45, 2.75) is 297 Å². The smallest absolute Gasteiger partial charge is 0.306 e. The molecule has 6 nitrogen and oxygen atoms in total. The SMILES string of the molecule is CC/C=C\C/C=C\C/C=C\C/C=C\C/C=C\C/C=C\C/C=C\C/C=C\C/C=C\CCCCCCCCCC(=O)OCC(COC(=O)CCCCCCC/C=C\CCCC)OC(=O)CCCCCCC/C=C\CCCCCCCC. The number of carbonyl (C=O) groups is 3. The predicted octanol–water partition coefficient (Wildman–Crippen LogP) is 22.5. The lowest BCUT2D eigenvalue weighted by Crippen LogP contribution is -2.30. The van der Waals surface area contributed by atoms with E-state index in [2.05, 4.69) is 154 Å². The van der Waals surface area contributed by atoms with Crippen LogP contribution in [0.3, 0.4) is 0 Å². The molecule has 0 fully saturated rings. The van der Waals surface area contributed by atoms with Gasteiger partial charge in [-0.15, -0.1) is 0 Å². The van der Waals surface area contributed by atoms with E-state index in [1.165, 1.54) is 103 Å². The maximum atomic E-state index is 12.9. The standard InChI is InChI=1S/C73H120O6/c1-4-7-10-13-16-19-22-24-26-27-28-29-30-31-32-33-34-35-36-37-38-39-40-41-42-43-44-45-47-48-51-54-57-60-63-66-72(75)78-69-70(68-77-71(74)65-62-59-56-53-50-21-18-15-12-9-6-3)79-73(76)67-64-61-58-55-52-49-46-25-23-20-17-14-11-8-5-2/h7,10,15-16,18-19,24-26,28-29,31-32,34-35,37-38,40-41,43-44,46,70H,4-6,8-9,11-14,17,20-23,27,30,33,36,39,42,45,47-69H2,1-3H3/b10-7-,18-15-,19-16-,26-24-,29-28-,32-31-,35-34-,38-37-,41-40-,44-43-,46-25-. The van der Waals surface area contributed by atoms with Crippen molar-refractivity contribution >= 4 is 17.9 Å². The van der Waals surface area contributed by atoms with Gasteiger partial charge >= 0.3 is 17.9 Å². The fourth-order valence-electron chi connectivity index (χ4n) is 8.70. The van der Waals surface area contributed by atoms with Crippen molar-refractivity contribution in [2.24, 2.45) is 0 Å². The topological polar surface area (TPSA) is 78.9 Å². The molecule has 0 heterocycles. The minimum atomic E-state index is -0.793. The Morgan fingerprint density at radius 3 is 0.823 bits per heavy atom. The zero-order valence-electron chi connectivity index (χ0n) is 51.3. The molecule has 0 aliphatic heterocycles. The lowest BCUT2D eigenvalue weighted by molar-refractivity contribution is -0.167. The van der Waals surface area contributed by atoms with Crippen molar-refractivity contribution < 1.29 is 28.6 Å². The highest BCUT2D eigenvalue weighted by Gasteiger charge is 2.19. The molecule has 0 aliphatic carbocycles. The number of hydrogen-bond donors (Lipinski definition) is 0. The molecule has 0 N–H and O–H groups in total. The molecule has 0 spiro atoms. The van der Waals surface area contributed by atoms with E-state index in [4.69, 9.17) is 14.2 Å². The molecule has 448 valence electrons. The van der Waals surface area contributed by atoms with Crippen LogP contribution in [0.1, 0.15) is 290 Å². The van der Waals surface area contributed by atoms with Crippen LogP contribution in [0, 0.1) is 0 Å². The number of carbonyl (C=O) groups excluding carboxylic acids is 3. The van der Waals surface area contributed by atoms with Gasteiger partial charge in [-0.2, -0.15) is 0 Å². The molecule has 0 aromatic carbocycles. The number of unbranched alkanes of at least 4 members (excludes halogenated alkanes) is 25. The summed E-state index contributed by atoms with van der Waals surface area (Å²) in [6.07, 6.45) is 93.2. The molecule has 6 heteroatoms. The molecular weight excluding hydrogens is 973 g/mol. The molecule has 79 heavy (non-hydrogen) atoms. The highest BCUT2D eigenvalue weighted by Crippen LogP contribution is 2.15. The molecule has 1 unspecified atom stereocenters. The fraction of sp³-hybridized carbons (Fsp3) is 0.658. The Hall–Kier alpha value is -4.45. The summed E-state index contributed by atoms with van der Waals surface area (Å²) in [6.45, 7) is 6.46. The summed E-state index contributed by atoms with van der Waals surface area (Å²) in [6, 6.07) is 0. The van der Waals surface area contributed by atoms with E-state index < -0.39 is 6.10 Å². The van der Waals surface area contributed by atoms with Crippen molar-refractivity contribution in [3.05, 3.63) is 134 Å². The molecule has 0 amide bonds. The van der Waals surface area contributed by atoms with Crippen LogP contribution in [0.15, 0.2) is 134 Å². The zero-order valence-corrected chi connectivity index (χ0v) is 51.3. The molecular formula is C73H120O6. The van der Waals surface area contributed by atoms with E-state index in [1.807, 2.05) is 0 Å². The van der Waals surface area contributed by atoms with Crippen molar-refractivity contribution in [3.63, 3.8) is 0 Å². The van der Waals surface area contributed by atoms with Gasteiger partial charge in [0.25, 0.3) is 0 Å². The number of rotatable bonds is 58. The molecule has 0 aromatic rings. The van der Waals surface area contributed by atoms with Crippen LogP contribution < -0.4 is 0 Å². The fourth-order valence-corrected chi connectivity index (χ4v) is 8.70. The Kier molecular flexibility index (Phi) is 62.3. The summed E-state index contributed by atoms with van der Waals surface area (Å²) in [5, 5.41) is 0. The van der Waals surface area contributed by atoms with Gasteiger partial charge in [0.05, 0.1) is 0 Å². The van der Waals surface area contributed by atoms with Crippen LogP contribution >= 0.6 is 0 Å². The summed E-state index contributed by atoms with van der Waals surface area (Å²) < 4.78 is 16.9. The van der Waals surface area contributed by atoms with Crippen LogP contribution in [0.4, 0.5) is 0 Å². The zero-order chi connectivity index (χ0) is 57.1. The van der Waals surface area contributed by atoms with Gasteiger partial charge in [-0.25, -0.2) is 0 Å². The number of ether oxygens (including phenoxy) is 3. The number of allylic oxidation sites excluding steroid dienone is 22. The minimum Gasteiger partial charge on any atom is -0.462 e. The van der Waals surface area contributed by atoms with E-state index in [0.29, 0.717) is 19.3 Å². The van der Waals surface area contributed by atoms with Gasteiger partial charge in [0.1, 0.15) is 13.2 Å². The van der Waals surface area contributed by atoms with Crippen LogP contribution in [0.5, 0.6) is 0 Å². The van der Waals surface area contributed by atoms with Gasteiger partial charge in [-0.05, 0) is 135 Å². The monoisotopic (exact) mass is 1090 g/mol. The normalized spacial score (nSPS) is 13.0. The Morgan fingerprint density at radius 2 is 0.506 bits per heavy atom. The van der Waals surface area contributed by atoms with Gasteiger partial charge in [-0.3, -0.25) is 14.4 Å². The van der Waals surface area contributed by atoms with Gasteiger partial charge in [-0.1, -0.05) is 270 Å². The van der Waals surface area contributed by atoms with E-state index in [1.54, 1.807) is 0 Å². The maximum Gasteiger partial charge on any atom is 0.306 e. The summed E-state index contributed by atoms with van der Waals surface area (Å²) in [7, 11) is 0. The Balaban J connectivity index is 4.24. The highest BCUT2D eigenvalue weighted by molar-refractivity contribution is 5.71. The minimum absolute atomic E-state index is 0.0907. The van der Waals surface area contributed by atoms with E-state index in [0.717, 1.165) is 148 Å². The molecule has 0 aliphatic rings. The third-order valence-corrected chi connectivity index (χ3v) is 13.6. The van der Waals surface area contributed by atoms with E-state index >= 15 is 0 Å². The first-order valence-electron chi connectivity index (χ1n) is 32.7. The van der Waals surface area contributed by atoms with E-state index in [9.17, 15) is 14.4 Å². The Morgan fingerprint density at radius 1 is 0.266 bits per heavy atom. The van der Waals surface area contributed by atoms with Gasteiger partial charge in [0, 0.05) is 19.3 Å². The van der Waals surface area contributed by atoms with Gasteiger partial charge < -0.3 is 14.2 Å². The van der Waals surface area contributed by atoms with Crippen LogP contribution in [-0.2, 0) is 28.6 Å². The number of hydrogen-bond acceptors (Lipinski definition) is 6. The summed E-state index contributed by atoms with van der Waals surface area (Å²) in [5.74, 6) is -0.918. The summed E-state index contributed by atoms with van der Waals surface area (Å²) in [4.78, 5) is 38.2. The second-order valence-corrected chi connectivity index (χ2v) is 21.3. The first-order valence-corrected chi connectivity index (χ1v) is 32.7. The van der Waals surface area contributed by atoms with E-state index in [-0.39, 0.29) is 31.1 Å². The third-order valence-electron chi connectivity index (χ3n) is 13.6. The lowest BCUT2D eigenvalue weighted by atomic mass is 10.1. The Bertz CT molecular complexity index is 1680. The molecule has 0 radical (unpaired) electrons. The molecule has 0 bridgehead atoms. The summed E-state index contributed by atoms with van der Waals surface area (Å²) >= 11 is 0. The molecule has 0 rings (SSSR count).